The van der Waals surface area contributed by atoms with Crippen LogP contribution >= 0.6 is 0 Å². The number of amides is 2. The number of hydrogen-bond acceptors (Lipinski definition) is 2. The third kappa shape index (κ3) is 3.38. The summed E-state index contributed by atoms with van der Waals surface area (Å²) < 4.78 is 2.24. The zero-order valence-corrected chi connectivity index (χ0v) is 18.0. The number of fused-ring (bicyclic) bond motifs is 1. The molecule has 3 aromatic carbocycles. The molecule has 2 heterocycles. The summed E-state index contributed by atoms with van der Waals surface area (Å²) in [5.74, 6) is -0.745. The molecule has 0 aliphatic carbocycles. The van der Waals surface area contributed by atoms with Crippen molar-refractivity contribution in [1.82, 2.24) is 9.99 Å². The van der Waals surface area contributed by atoms with Crippen molar-refractivity contribution in [2.75, 3.05) is 5.01 Å². The van der Waals surface area contributed by atoms with Gasteiger partial charge in [0.05, 0.1) is 5.69 Å². The summed E-state index contributed by atoms with van der Waals surface area (Å²) in [5.41, 5.74) is 8.85. The van der Waals surface area contributed by atoms with Crippen molar-refractivity contribution in [2.45, 2.75) is 20.4 Å². The van der Waals surface area contributed by atoms with E-state index in [1.54, 1.807) is 18.2 Å². The first-order valence-electron chi connectivity index (χ1n) is 10.6. The zero-order chi connectivity index (χ0) is 22.2. The highest BCUT2D eigenvalue weighted by Crippen LogP contribution is 2.30. The molecule has 2 amide bonds. The first-order valence-corrected chi connectivity index (χ1v) is 10.6. The molecule has 32 heavy (non-hydrogen) atoms. The monoisotopic (exact) mass is 421 g/mol. The lowest BCUT2D eigenvalue weighted by atomic mass is 10.1. The highest BCUT2D eigenvalue weighted by atomic mass is 16.2. The number of aromatic nitrogens is 1. The van der Waals surface area contributed by atoms with E-state index >= 15 is 0 Å². The van der Waals surface area contributed by atoms with Crippen LogP contribution in [0.25, 0.3) is 17.0 Å². The van der Waals surface area contributed by atoms with E-state index in [0.29, 0.717) is 12.2 Å². The lowest BCUT2D eigenvalue weighted by Crippen LogP contribution is -2.35. The molecule has 0 spiro atoms. The van der Waals surface area contributed by atoms with Gasteiger partial charge in [0.1, 0.15) is 5.57 Å². The summed E-state index contributed by atoms with van der Waals surface area (Å²) in [4.78, 5) is 25.8. The summed E-state index contributed by atoms with van der Waals surface area (Å²) in [5, 5.41) is 2.32. The molecular formula is C27H23N3O2. The van der Waals surface area contributed by atoms with E-state index in [1.165, 1.54) is 16.1 Å². The second-order valence-electron chi connectivity index (χ2n) is 8.07. The minimum Gasteiger partial charge on any atom is -0.340 e. The van der Waals surface area contributed by atoms with Crippen molar-refractivity contribution in [2.24, 2.45) is 0 Å². The molecule has 1 aliphatic heterocycles. The molecule has 5 nitrogen and oxygen atoms in total. The van der Waals surface area contributed by atoms with Gasteiger partial charge in [0, 0.05) is 28.7 Å². The minimum atomic E-state index is -0.395. The smallest absolute Gasteiger partial charge is 0.282 e. The van der Waals surface area contributed by atoms with Crippen LogP contribution in [0.5, 0.6) is 0 Å². The highest BCUT2D eigenvalue weighted by Gasteiger charge is 2.34. The number of aryl methyl sites for hydroxylation is 1. The Morgan fingerprint density at radius 2 is 1.62 bits per heavy atom. The van der Waals surface area contributed by atoms with E-state index in [0.717, 1.165) is 22.2 Å². The topological polar surface area (TPSA) is 54.3 Å². The van der Waals surface area contributed by atoms with Gasteiger partial charge >= 0.3 is 0 Å². The third-order valence-electron chi connectivity index (χ3n) is 5.90. The molecule has 0 saturated carbocycles. The number of carbonyl (C=O) groups excluding carboxylic acids is 2. The quantitative estimate of drug-likeness (QED) is 0.381. The molecule has 5 rings (SSSR count). The number of hydrazine groups is 1. The van der Waals surface area contributed by atoms with E-state index < -0.39 is 5.91 Å². The van der Waals surface area contributed by atoms with Crippen LogP contribution < -0.4 is 10.4 Å². The van der Waals surface area contributed by atoms with Gasteiger partial charge in [0.15, 0.2) is 0 Å². The largest absolute Gasteiger partial charge is 0.340 e. The van der Waals surface area contributed by atoms with Crippen LogP contribution in [0.2, 0.25) is 0 Å². The number of hydrogen-bond donors (Lipinski definition) is 1. The van der Waals surface area contributed by atoms with Gasteiger partial charge in [-0.05, 0) is 43.7 Å². The van der Waals surface area contributed by atoms with Crippen LogP contribution in [-0.4, -0.2) is 16.4 Å². The zero-order valence-electron chi connectivity index (χ0n) is 18.0. The lowest BCUT2D eigenvalue weighted by molar-refractivity contribution is -0.117. The van der Waals surface area contributed by atoms with E-state index in [-0.39, 0.29) is 11.5 Å². The van der Waals surface area contributed by atoms with Crippen molar-refractivity contribution >= 4 is 34.5 Å². The Morgan fingerprint density at radius 1 is 0.875 bits per heavy atom. The van der Waals surface area contributed by atoms with E-state index in [9.17, 15) is 9.59 Å². The number of rotatable bonds is 4. The van der Waals surface area contributed by atoms with Crippen molar-refractivity contribution in [1.29, 1.82) is 0 Å². The Kier molecular flexibility index (Phi) is 4.86. The highest BCUT2D eigenvalue weighted by molar-refractivity contribution is 6.32. The standard InChI is InChI=1S/C27H23N3O2/c1-18-9-8-10-20(15-18)17-29-19(2)23(22-13-6-7-14-25(22)29)16-24-26(31)28-30(27(24)32)21-11-4-3-5-12-21/h3-16H,17H2,1-2H3,(H,28,31)/b24-16-. The molecule has 0 radical (unpaired) electrons. The fourth-order valence-corrected chi connectivity index (χ4v) is 4.30. The van der Waals surface area contributed by atoms with Crippen molar-refractivity contribution in [3.05, 3.63) is 107 Å². The Balaban J connectivity index is 1.59. The Hall–Kier alpha value is -4.12. The van der Waals surface area contributed by atoms with Gasteiger partial charge in [0.25, 0.3) is 11.8 Å². The van der Waals surface area contributed by atoms with Crippen LogP contribution in [0.3, 0.4) is 0 Å². The molecule has 1 aromatic heterocycles. The van der Waals surface area contributed by atoms with E-state index in [1.807, 2.05) is 43.3 Å². The van der Waals surface area contributed by atoms with Crippen LogP contribution in [0.1, 0.15) is 22.4 Å². The molecule has 4 aromatic rings. The van der Waals surface area contributed by atoms with Crippen molar-refractivity contribution in [3.8, 4) is 0 Å². The number of para-hydroxylation sites is 2. The van der Waals surface area contributed by atoms with Crippen molar-refractivity contribution in [3.63, 3.8) is 0 Å². The van der Waals surface area contributed by atoms with Crippen LogP contribution in [0.15, 0.2) is 84.4 Å². The SMILES string of the molecule is Cc1cccc(Cn2c(C)c(/C=C3/C(=O)NN(c4ccccc4)C3=O)c3ccccc32)c1. The van der Waals surface area contributed by atoms with Gasteiger partial charge in [-0.25, -0.2) is 5.01 Å². The first kappa shape index (κ1) is 19.8. The van der Waals surface area contributed by atoms with E-state index in [4.69, 9.17) is 0 Å². The van der Waals surface area contributed by atoms with Gasteiger partial charge in [-0.3, -0.25) is 15.0 Å². The maximum atomic E-state index is 13.1. The number of carbonyl (C=O) groups is 2. The average Bonchev–Trinajstić information content (AvgIpc) is 3.23. The second kappa shape index (κ2) is 7.85. The van der Waals surface area contributed by atoms with Crippen LogP contribution in [0, 0.1) is 13.8 Å². The maximum absolute atomic E-state index is 13.1. The predicted octanol–water partition coefficient (Wildman–Crippen LogP) is 4.77. The molecule has 1 aliphatic rings. The van der Waals surface area contributed by atoms with Crippen molar-refractivity contribution < 1.29 is 9.59 Å². The molecule has 0 unspecified atom stereocenters. The molecule has 158 valence electrons. The van der Waals surface area contributed by atoms with E-state index in [2.05, 4.69) is 47.2 Å². The first-order chi connectivity index (χ1) is 15.5. The molecular weight excluding hydrogens is 398 g/mol. The Bertz CT molecular complexity index is 1380. The molecule has 1 fully saturated rings. The molecule has 1 N–H and O–H groups in total. The summed E-state index contributed by atoms with van der Waals surface area (Å²) in [6.07, 6.45) is 1.73. The van der Waals surface area contributed by atoms with Gasteiger partial charge in [-0.2, -0.15) is 0 Å². The summed E-state index contributed by atoms with van der Waals surface area (Å²) in [7, 11) is 0. The van der Waals surface area contributed by atoms with Gasteiger partial charge < -0.3 is 4.57 Å². The fraction of sp³-hybridized carbons (Fsp3) is 0.111. The molecule has 1 saturated heterocycles. The molecule has 5 heteroatoms. The number of nitrogens with one attached hydrogen (secondary N) is 1. The van der Waals surface area contributed by atoms with Gasteiger partial charge in [-0.15, -0.1) is 0 Å². The fourth-order valence-electron chi connectivity index (χ4n) is 4.30. The van der Waals surface area contributed by atoms with Gasteiger partial charge in [-0.1, -0.05) is 66.2 Å². The number of nitrogens with zero attached hydrogens (tertiary/aromatic N) is 2. The predicted molar refractivity (Wildman–Crippen MR) is 127 cm³/mol. The summed E-state index contributed by atoms with van der Waals surface area (Å²) in [6.45, 7) is 4.84. The summed E-state index contributed by atoms with van der Waals surface area (Å²) >= 11 is 0. The van der Waals surface area contributed by atoms with Crippen LogP contribution in [-0.2, 0) is 16.1 Å². The molecule has 0 bridgehead atoms. The minimum absolute atomic E-state index is 0.135. The lowest BCUT2D eigenvalue weighted by Gasteiger charge is -2.13. The maximum Gasteiger partial charge on any atom is 0.282 e. The summed E-state index contributed by atoms with van der Waals surface area (Å²) in [6, 6.07) is 25.7. The third-order valence-corrected chi connectivity index (χ3v) is 5.90. The Labute approximate surface area is 186 Å². The molecule has 0 atom stereocenters. The van der Waals surface area contributed by atoms with Gasteiger partial charge in [0.2, 0.25) is 0 Å². The second-order valence-corrected chi connectivity index (χ2v) is 8.07. The number of anilines is 1. The average molecular weight is 422 g/mol. The normalized spacial score (nSPS) is 15.1. The van der Waals surface area contributed by atoms with Crippen LogP contribution in [0.4, 0.5) is 5.69 Å². The number of benzene rings is 3. The Morgan fingerprint density at radius 3 is 2.41 bits per heavy atom.